The third kappa shape index (κ3) is 4.09. The third-order valence-electron chi connectivity index (χ3n) is 4.01. The molecule has 0 radical (unpaired) electrons. The van der Waals surface area contributed by atoms with Crippen LogP contribution < -0.4 is 5.32 Å². The molecule has 0 atom stereocenters. The van der Waals surface area contributed by atoms with Crippen molar-refractivity contribution in [2.45, 2.75) is 13.3 Å². The number of hydrogen-bond donors (Lipinski definition) is 1. The minimum Gasteiger partial charge on any atom is -0.296 e. The summed E-state index contributed by atoms with van der Waals surface area (Å²) in [6, 6.07) is 13.8. The lowest BCUT2D eigenvalue weighted by molar-refractivity contribution is 0.102. The molecule has 27 heavy (non-hydrogen) atoms. The van der Waals surface area contributed by atoms with E-state index in [-0.39, 0.29) is 5.91 Å². The van der Waals surface area contributed by atoms with E-state index in [9.17, 15) is 4.79 Å². The SMILES string of the molecule is Cc1ccc(Cc2cnc(NC(=O)c3ccn(-c4cccnc4)n3)s2)cc1. The lowest BCUT2D eigenvalue weighted by atomic mass is 10.1. The summed E-state index contributed by atoms with van der Waals surface area (Å²) in [6.45, 7) is 2.07. The van der Waals surface area contributed by atoms with Crippen LogP contribution in [-0.4, -0.2) is 25.7 Å². The number of hydrogen-bond acceptors (Lipinski definition) is 5. The Hall–Kier alpha value is -3.32. The van der Waals surface area contributed by atoms with Gasteiger partial charge in [0, 0.05) is 29.9 Å². The van der Waals surface area contributed by atoms with Crippen LogP contribution in [0.25, 0.3) is 5.69 Å². The van der Waals surface area contributed by atoms with E-state index in [1.165, 1.54) is 22.5 Å². The number of benzene rings is 1. The Kier molecular flexibility index (Phi) is 4.76. The van der Waals surface area contributed by atoms with Crippen molar-refractivity contribution in [1.29, 1.82) is 0 Å². The summed E-state index contributed by atoms with van der Waals surface area (Å²) in [5.41, 5.74) is 3.58. The van der Waals surface area contributed by atoms with Gasteiger partial charge < -0.3 is 0 Å². The van der Waals surface area contributed by atoms with Crippen molar-refractivity contribution in [3.8, 4) is 5.69 Å². The molecule has 4 rings (SSSR count). The molecule has 3 heterocycles. The van der Waals surface area contributed by atoms with Gasteiger partial charge in [-0.15, -0.1) is 11.3 Å². The second kappa shape index (κ2) is 7.51. The van der Waals surface area contributed by atoms with Gasteiger partial charge in [-0.2, -0.15) is 5.10 Å². The molecule has 0 aliphatic rings. The molecule has 0 fully saturated rings. The fourth-order valence-corrected chi connectivity index (χ4v) is 3.44. The Balaban J connectivity index is 1.42. The topological polar surface area (TPSA) is 72.7 Å². The highest BCUT2D eigenvalue weighted by atomic mass is 32.1. The number of rotatable bonds is 5. The van der Waals surface area contributed by atoms with Crippen LogP contribution in [0.2, 0.25) is 0 Å². The van der Waals surface area contributed by atoms with E-state index in [1.54, 1.807) is 35.5 Å². The minimum absolute atomic E-state index is 0.283. The molecule has 0 saturated heterocycles. The number of nitrogens with zero attached hydrogens (tertiary/aromatic N) is 4. The summed E-state index contributed by atoms with van der Waals surface area (Å²) in [5.74, 6) is -0.283. The van der Waals surface area contributed by atoms with Gasteiger partial charge in [0.1, 0.15) is 0 Å². The highest BCUT2D eigenvalue weighted by molar-refractivity contribution is 7.15. The largest absolute Gasteiger partial charge is 0.296 e. The summed E-state index contributed by atoms with van der Waals surface area (Å²) >= 11 is 1.47. The van der Waals surface area contributed by atoms with Crippen LogP contribution in [0.5, 0.6) is 0 Å². The van der Waals surface area contributed by atoms with Gasteiger partial charge in [-0.3, -0.25) is 15.1 Å². The molecule has 0 spiro atoms. The van der Waals surface area contributed by atoms with Crippen LogP contribution in [0.3, 0.4) is 0 Å². The Labute approximate surface area is 160 Å². The van der Waals surface area contributed by atoms with E-state index >= 15 is 0 Å². The Morgan fingerprint density at radius 1 is 1.15 bits per heavy atom. The van der Waals surface area contributed by atoms with Crippen molar-refractivity contribution in [3.05, 3.63) is 88.9 Å². The smallest absolute Gasteiger partial charge is 0.277 e. The summed E-state index contributed by atoms with van der Waals surface area (Å²) in [6.07, 6.45) is 7.71. The van der Waals surface area contributed by atoms with Gasteiger partial charge in [-0.1, -0.05) is 29.8 Å². The third-order valence-corrected chi connectivity index (χ3v) is 4.92. The Morgan fingerprint density at radius 2 is 2.00 bits per heavy atom. The van der Waals surface area contributed by atoms with Crippen molar-refractivity contribution in [2.75, 3.05) is 5.32 Å². The molecular weight excluding hydrogens is 358 g/mol. The Morgan fingerprint density at radius 3 is 2.78 bits per heavy atom. The number of anilines is 1. The van der Waals surface area contributed by atoms with Crippen LogP contribution in [0.15, 0.2) is 67.3 Å². The van der Waals surface area contributed by atoms with Gasteiger partial charge in [0.2, 0.25) is 0 Å². The predicted octanol–water partition coefficient (Wildman–Crippen LogP) is 3.88. The molecule has 134 valence electrons. The van der Waals surface area contributed by atoms with Crippen molar-refractivity contribution in [3.63, 3.8) is 0 Å². The molecule has 0 saturated carbocycles. The predicted molar refractivity (Wildman–Crippen MR) is 105 cm³/mol. The van der Waals surface area contributed by atoms with Gasteiger partial charge in [0.15, 0.2) is 10.8 Å². The lowest BCUT2D eigenvalue weighted by Gasteiger charge is -2.00. The molecule has 0 aliphatic heterocycles. The number of amides is 1. The number of aryl methyl sites for hydroxylation is 1. The monoisotopic (exact) mass is 375 g/mol. The molecular formula is C20H17N5OS. The minimum atomic E-state index is -0.283. The van der Waals surface area contributed by atoms with Crippen LogP contribution >= 0.6 is 11.3 Å². The van der Waals surface area contributed by atoms with Gasteiger partial charge in [0.05, 0.1) is 11.9 Å². The summed E-state index contributed by atoms with van der Waals surface area (Å²) in [4.78, 5) is 21.9. The molecule has 4 aromatic rings. The number of carbonyl (C=O) groups excluding carboxylic acids is 1. The molecule has 6 nitrogen and oxygen atoms in total. The van der Waals surface area contributed by atoms with Gasteiger partial charge >= 0.3 is 0 Å². The van der Waals surface area contributed by atoms with E-state index in [0.29, 0.717) is 10.8 Å². The van der Waals surface area contributed by atoms with Gasteiger partial charge in [-0.25, -0.2) is 9.67 Å². The van der Waals surface area contributed by atoms with Crippen molar-refractivity contribution >= 4 is 22.4 Å². The van der Waals surface area contributed by atoms with E-state index in [1.807, 2.05) is 12.1 Å². The summed E-state index contributed by atoms with van der Waals surface area (Å²) < 4.78 is 1.62. The van der Waals surface area contributed by atoms with E-state index < -0.39 is 0 Å². The van der Waals surface area contributed by atoms with Crippen LogP contribution in [0.4, 0.5) is 5.13 Å². The fraction of sp³-hybridized carbons (Fsp3) is 0.100. The first-order chi connectivity index (χ1) is 13.2. The molecule has 0 aliphatic carbocycles. The standard InChI is InChI=1S/C20H17N5OS/c1-14-4-6-15(7-5-14)11-17-13-22-20(27-17)23-19(26)18-8-10-25(24-18)16-3-2-9-21-12-16/h2-10,12-13H,11H2,1H3,(H,22,23,26). The maximum Gasteiger partial charge on any atom is 0.277 e. The lowest BCUT2D eigenvalue weighted by Crippen LogP contribution is -2.12. The second-order valence-corrected chi connectivity index (χ2v) is 7.22. The van der Waals surface area contributed by atoms with E-state index in [4.69, 9.17) is 0 Å². The molecule has 1 N–H and O–H groups in total. The van der Waals surface area contributed by atoms with Crippen LogP contribution in [0.1, 0.15) is 26.5 Å². The zero-order chi connectivity index (χ0) is 18.6. The number of nitrogens with one attached hydrogen (secondary N) is 1. The maximum absolute atomic E-state index is 12.4. The van der Waals surface area contributed by atoms with E-state index in [0.717, 1.165) is 17.0 Å². The molecule has 0 bridgehead atoms. The first-order valence-electron chi connectivity index (χ1n) is 8.45. The van der Waals surface area contributed by atoms with Crippen molar-refractivity contribution in [1.82, 2.24) is 19.7 Å². The molecule has 0 unspecified atom stereocenters. The number of pyridine rings is 1. The average Bonchev–Trinajstić information content (AvgIpc) is 3.34. The normalized spacial score (nSPS) is 10.7. The number of aromatic nitrogens is 4. The van der Waals surface area contributed by atoms with Crippen molar-refractivity contribution in [2.24, 2.45) is 0 Å². The second-order valence-electron chi connectivity index (χ2n) is 6.10. The number of carbonyl (C=O) groups is 1. The maximum atomic E-state index is 12.4. The highest BCUT2D eigenvalue weighted by Crippen LogP contribution is 2.22. The fourth-order valence-electron chi connectivity index (χ4n) is 2.59. The number of thiazole rings is 1. The zero-order valence-corrected chi connectivity index (χ0v) is 15.5. The summed E-state index contributed by atoms with van der Waals surface area (Å²) in [7, 11) is 0. The highest BCUT2D eigenvalue weighted by Gasteiger charge is 2.13. The van der Waals surface area contributed by atoms with Crippen LogP contribution in [0, 0.1) is 6.92 Å². The van der Waals surface area contributed by atoms with Crippen LogP contribution in [-0.2, 0) is 6.42 Å². The zero-order valence-electron chi connectivity index (χ0n) is 14.7. The van der Waals surface area contributed by atoms with E-state index in [2.05, 4.69) is 51.6 Å². The van der Waals surface area contributed by atoms with Gasteiger partial charge in [-0.05, 0) is 30.7 Å². The first kappa shape index (κ1) is 17.1. The molecule has 3 aromatic heterocycles. The van der Waals surface area contributed by atoms with Gasteiger partial charge in [0.25, 0.3) is 5.91 Å². The Bertz CT molecular complexity index is 1050. The average molecular weight is 375 g/mol. The first-order valence-corrected chi connectivity index (χ1v) is 9.27. The summed E-state index contributed by atoms with van der Waals surface area (Å²) in [5, 5.41) is 7.68. The molecule has 1 aromatic carbocycles. The quantitative estimate of drug-likeness (QED) is 0.575. The molecule has 7 heteroatoms. The molecule has 1 amide bonds. The van der Waals surface area contributed by atoms with Crippen molar-refractivity contribution < 1.29 is 4.79 Å².